The summed E-state index contributed by atoms with van der Waals surface area (Å²) in [6, 6.07) is 9.80. The highest BCUT2D eigenvalue weighted by Crippen LogP contribution is 2.25. The smallest absolute Gasteiger partial charge is 0.251 e. The first-order valence-electron chi connectivity index (χ1n) is 7.08. The average Bonchev–Trinajstić information content (AvgIpc) is 2.56. The van der Waals surface area contributed by atoms with E-state index in [-0.39, 0.29) is 12.5 Å². The second-order valence-corrected chi connectivity index (χ2v) is 5.88. The quantitative estimate of drug-likeness (QED) is 0.847. The van der Waals surface area contributed by atoms with Gasteiger partial charge in [-0.15, -0.1) is 0 Å². The minimum Gasteiger partial charge on any atom is -0.496 e. The first-order chi connectivity index (χ1) is 11.4. The predicted octanol–water partition coefficient (Wildman–Crippen LogP) is 3.68. The summed E-state index contributed by atoms with van der Waals surface area (Å²) in [7, 11) is 1.53. The molecule has 24 heavy (non-hydrogen) atoms. The number of halogens is 2. The van der Waals surface area contributed by atoms with Crippen LogP contribution >= 0.6 is 23.2 Å². The summed E-state index contributed by atoms with van der Waals surface area (Å²) < 4.78 is 5.18. The predicted molar refractivity (Wildman–Crippen MR) is 95.2 cm³/mol. The van der Waals surface area contributed by atoms with Gasteiger partial charge in [-0.3, -0.25) is 9.59 Å². The van der Waals surface area contributed by atoms with Crippen molar-refractivity contribution in [3.05, 3.63) is 57.6 Å². The van der Waals surface area contributed by atoms with Gasteiger partial charge >= 0.3 is 0 Å². The lowest BCUT2D eigenvalue weighted by molar-refractivity contribution is -0.115. The molecule has 0 saturated heterocycles. The zero-order valence-electron chi connectivity index (χ0n) is 13.2. The zero-order valence-corrected chi connectivity index (χ0v) is 14.7. The number of anilines is 1. The fourth-order valence-electron chi connectivity index (χ4n) is 2.01. The van der Waals surface area contributed by atoms with Crippen molar-refractivity contribution in [1.82, 2.24) is 5.32 Å². The molecule has 0 bridgehead atoms. The second kappa shape index (κ2) is 8.04. The average molecular weight is 367 g/mol. The molecule has 7 heteroatoms. The largest absolute Gasteiger partial charge is 0.496 e. The molecule has 2 amide bonds. The molecule has 0 aliphatic rings. The number of methoxy groups -OCH3 is 1. The molecule has 0 fully saturated rings. The Kier molecular flexibility index (Phi) is 6.06. The Morgan fingerprint density at radius 1 is 1.12 bits per heavy atom. The Hall–Kier alpha value is -2.24. The van der Waals surface area contributed by atoms with Gasteiger partial charge in [-0.05, 0) is 42.8 Å². The van der Waals surface area contributed by atoms with Crippen LogP contribution in [-0.4, -0.2) is 25.5 Å². The van der Waals surface area contributed by atoms with Crippen molar-refractivity contribution < 1.29 is 14.3 Å². The highest BCUT2D eigenvalue weighted by atomic mass is 35.5. The molecule has 0 aliphatic heterocycles. The van der Waals surface area contributed by atoms with Crippen molar-refractivity contribution >= 4 is 40.7 Å². The van der Waals surface area contributed by atoms with Crippen molar-refractivity contribution in [1.29, 1.82) is 0 Å². The number of carbonyl (C=O) groups excluding carboxylic acids is 2. The van der Waals surface area contributed by atoms with Crippen LogP contribution in [0.1, 0.15) is 15.9 Å². The van der Waals surface area contributed by atoms with Gasteiger partial charge in [0.2, 0.25) is 5.91 Å². The number of aryl methyl sites for hydroxylation is 1. The van der Waals surface area contributed by atoms with Crippen LogP contribution < -0.4 is 15.4 Å². The fraction of sp³-hybridized carbons (Fsp3) is 0.176. The van der Waals surface area contributed by atoms with E-state index >= 15 is 0 Å². The standard InChI is InChI=1S/C17H16Cl2N2O3/c1-10-3-4-11(7-15(10)24-2)17(23)20-9-16(22)21-14-8-12(18)5-6-13(14)19/h3-8H,9H2,1-2H3,(H,20,23)(H,21,22). The third kappa shape index (κ3) is 4.63. The summed E-state index contributed by atoms with van der Waals surface area (Å²) in [4.78, 5) is 24.0. The molecule has 2 aromatic rings. The van der Waals surface area contributed by atoms with Gasteiger partial charge in [0, 0.05) is 10.6 Å². The van der Waals surface area contributed by atoms with Crippen LogP contribution in [-0.2, 0) is 4.79 Å². The van der Waals surface area contributed by atoms with Crippen LogP contribution in [0.25, 0.3) is 0 Å². The molecule has 5 nitrogen and oxygen atoms in total. The minimum absolute atomic E-state index is 0.197. The van der Waals surface area contributed by atoms with Crippen molar-refractivity contribution in [3.63, 3.8) is 0 Å². The number of hydrogen-bond acceptors (Lipinski definition) is 3. The highest BCUT2D eigenvalue weighted by molar-refractivity contribution is 6.35. The van der Waals surface area contributed by atoms with E-state index in [9.17, 15) is 9.59 Å². The molecular weight excluding hydrogens is 351 g/mol. The molecule has 2 rings (SSSR count). The number of carbonyl (C=O) groups is 2. The maximum atomic E-state index is 12.1. The Balaban J connectivity index is 1.96. The molecule has 2 N–H and O–H groups in total. The highest BCUT2D eigenvalue weighted by Gasteiger charge is 2.11. The topological polar surface area (TPSA) is 67.4 Å². The molecule has 0 spiro atoms. The van der Waals surface area contributed by atoms with E-state index in [2.05, 4.69) is 10.6 Å². The van der Waals surface area contributed by atoms with Crippen LogP contribution in [0.15, 0.2) is 36.4 Å². The monoisotopic (exact) mass is 366 g/mol. The molecule has 126 valence electrons. The van der Waals surface area contributed by atoms with E-state index in [1.165, 1.54) is 13.2 Å². The van der Waals surface area contributed by atoms with Crippen LogP contribution in [0, 0.1) is 6.92 Å². The maximum Gasteiger partial charge on any atom is 0.251 e. The van der Waals surface area contributed by atoms with Crippen molar-refractivity contribution in [2.75, 3.05) is 19.0 Å². The minimum atomic E-state index is -0.411. The summed E-state index contributed by atoms with van der Waals surface area (Å²) in [6.45, 7) is 1.68. The van der Waals surface area contributed by atoms with Gasteiger partial charge < -0.3 is 15.4 Å². The number of benzene rings is 2. The van der Waals surface area contributed by atoms with E-state index in [0.717, 1.165) is 5.56 Å². The first-order valence-corrected chi connectivity index (χ1v) is 7.84. The summed E-state index contributed by atoms with van der Waals surface area (Å²) in [6.07, 6.45) is 0. The van der Waals surface area contributed by atoms with E-state index < -0.39 is 5.91 Å². The molecule has 0 atom stereocenters. The van der Waals surface area contributed by atoms with Crippen LogP contribution in [0.4, 0.5) is 5.69 Å². The van der Waals surface area contributed by atoms with E-state index in [1.807, 2.05) is 6.92 Å². The summed E-state index contributed by atoms with van der Waals surface area (Å²) in [5, 5.41) is 5.95. The van der Waals surface area contributed by atoms with Crippen molar-refractivity contribution in [2.45, 2.75) is 6.92 Å². The van der Waals surface area contributed by atoms with E-state index in [4.69, 9.17) is 27.9 Å². The fourth-order valence-corrected chi connectivity index (χ4v) is 2.35. The van der Waals surface area contributed by atoms with E-state index in [0.29, 0.717) is 27.0 Å². The summed E-state index contributed by atoms with van der Waals surface area (Å²) in [5.74, 6) is -0.176. The number of rotatable bonds is 5. The SMILES string of the molecule is COc1cc(C(=O)NCC(=O)Nc2cc(Cl)ccc2Cl)ccc1C. The lowest BCUT2D eigenvalue weighted by Crippen LogP contribution is -2.32. The molecule has 0 aromatic heterocycles. The molecule has 0 aliphatic carbocycles. The Morgan fingerprint density at radius 2 is 1.88 bits per heavy atom. The Morgan fingerprint density at radius 3 is 2.58 bits per heavy atom. The molecular formula is C17H16Cl2N2O3. The molecule has 0 unspecified atom stereocenters. The number of amides is 2. The summed E-state index contributed by atoms with van der Waals surface area (Å²) in [5.41, 5.74) is 1.72. The van der Waals surface area contributed by atoms with E-state index in [1.54, 1.807) is 30.3 Å². The summed E-state index contributed by atoms with van der Waals surface area (Å²) >= 11 is 11.8. The Bertz CT molecular complexity index is 778. The third-order valence-corrected chi connectivity index (χ3v) is 3.85. The molecule has 2 aromatic carbocycles. The third-order valence-electron chi connectivity index (χ3n) is 3.28. The van der Waals surface area contributed by atoms with Crippen molar-refractivity contribution in [2.24, 2.45) is 0 Å². The van der Waals surface area contributed by atoms with Crippen LogP contribution in [0.3, 0.4) is 0 Å². The number of hydrogen-bond donors (Lipinski definition) is 2. The van der Waals surface area contributed by atoms with Gasteiger partial charge in [-0.2, -0.15) is 0 Å². The molecule has 0 heterocycles. The maximum absolute atomic E-state index is 12.1. The van der Waals surface area contributed by atoms with Gasteiger partial charge in [-0.25, -0.2) is 0 Å². The van der Waals surface area contributed by atoms with Crippen molar-refractivity contribution in [3.8, 4) is 5.75 Å². The molecule has 0 saturated carbocycles. The van der Waals surface area contributed by atoms with Gasteiger partial charge in [0.1, 0.15) is 5.75 Å². The van der Waals surface area contributed by atoms with Gasteiger partial charge in [0.15, 0.2) is 0 Å². The van der Waals surface area contributed by atoms with Gasteiger partial charge in [0.05, 0.1) is 24.4 Å². The molecule has 0 radical (unpaired) electrons. The number of ether oxygens (including phenoxy) is 1. The normalized spacial score (nSPS) is 10.2. The van der Waals surface area contributed by atoms with Crippen LogP contribution in [0.2, 0.25) is 10.0 Å². The lowest BCUT2D eigenvalue weighted by Gasteiger charge is -2.10. The van der Waals surface area contributed by atoms with Crippen LogP contribution in [0.5, 0.6) is 5.75 Å². The van der Waals surface area contributed by atoms with Gasteiger partial charge in [0.25, 0.3) is 5.91 Å². The lowest BCUT2D eigenvalue weighted by atomic mass is 10.1. The number of nitrogens with one attached hydrogen (secondary N) is 2. The van der Waals surface area contributed by atoms with Gasteiger partial charge in [-0.1, -0.05) is 29.3 Å². The first kappa shape index (κ1) is 18.1. The second-order valence-electron chi connectivity index (χ2n) is 5.04. The zero-order chi connectivity index (χ0) is 17.7. The Labute approximate surface area is 149 Å².